The Labute approximate surface area is 198 Å². The lowest BCUT2D eigenvalue weighted by Gasteiger charge is -2.35. The van der Waals surface area contributed by atoms with Crippen LogP contribution in [-0.2, 0) is 32.7 Å². The van der Waals surface area contributed by atoms with Crippen LogP contribution < -0.4 is 14.9 Å². The predicted molar refractivity (Wildman–Crippen MR) is 127 cm³/mol. The Morgan fingerprint density at radius 3 is 2.45 bits per heavy atom. The minimum absolute atomic E-state index is 0.115. The van der Waals surface area contributed by atoms with Crippen LogP contribution in [0.2, 0.25) is 0 Å². The smallest absolute Gasteiger partial charge is 0.250 e. The number of rotatable bonds is 9. The van der Waals surface area contributed by atoms with E-state index < -0.39 is 10.0 Å². The summed E-state index contributed by atoms with van der Waals surface area (Å²) in [7, 11) is 0.226. The highest BCUT2D eigenvalue weighted by Gasteiger charge is 2.24. The molecule has 2 amide bonds. The van der Waals surface area contributed by atoms with Crippen molar-refractivity contribution in [2.24, 2.45) is 0 Å². The number of pyridine rings is 1. The van der Waals surface area contributed by atoms with Crippen LogP contribution in [0.1, 0.15) is 17.4 Å². The zero-order valence-electron chi connectivity index (χ0n) is 19.1. The molecular weight excluding hydrogens is 464 g/mol. The molecule has 0 aromatic carbocycles. The third-order valence-electron chi connectivity index (χ3n) is 5.09. The van der Waals surface area contributed by atoms with E-state index in [1.807, 2.05) is 26.4 Å². The second kappa shape index (κ2) is 11.1. The highest BCUT2D eigenvalue weighted by molar-refractivity contribution is 7.91. The number of piperazine rings is 1. The Hall–Kier alpha value is -2.54. The van der Waals surface area contributed by atoms with Crippen LogP contribution in [0.25, 0.3) is 0 Å². The number of anilines is 1. The Kier molecular flexibility index (Phi) is 8.40. The van der Waals surface area contributed by atoms with Gasteiger partial charge in [-0.25, -0.2) is 18.1 Å². The molecule has 2 aromatic rings. The highest BCUT2D eigenvalue weighted by Crippen LogP contribution is 2.21. The number of nitrogens with one attached hydrogen (secondary N) is 2. The van der Waals surface area contributed by atoms with Gasteiger partial charge in [-0.2, -0.15) is 0 Å². The van der Waals surface area contributed by atoms with Gasteiger partial charge in [-0.05, 0) is 37.9 Å². The average Bonchev–Trinajstić information content (AvgIpc) is 3.27. The number of aromatic nitrogens is 1. The number of carbonyl (C=O) groups is 2. The molecule has 33 heavy (non-hydrogen) atoms. The monoisotopic (exact) mass is 494 g/mol. The molecular formula is C21H30N6O4S2. The molecule has 0 aliphatic carbocycles. The number of carbonyl (C=O) groups excluding carboxylic acids is 2. The van der Waals surface area contributed by atoms with Crippen LogP contribution in [-0.4, -0.2) is 81.8 Å². The fourth-order valence-electron chi connectivity index (χ4n) is 3.40. The molecule has 0 saturated carbocycles. The molecule has 1 aliphatic rings. The van der Waals surface area contributed by atoms with E-state index in [1.54, 1.807) is 11.0 Å². The van der Waals surface area contributed by atoms with Crippen LogP contribution in [0.3, 0.4) is 0 Å². The molecule has 1 saturated heterocycles. The molecule has 10 nitrogen and oxygen atoms in total. The number of hydrogen-bond donors (Lipinski definition) is 2. The molecule has 1 fully saturated rings. The summed E-state index contributed by atoms with van der Waals surface area (Å²) in [6, 6.07) is 7.17. The van der Waals surface area contributed by atoms with Crippen molar-refractivity contribution in [2.45, 2.75) is 24.2 Å². The Morgan fingerprint density at radius 2 is 1.85 bits per heavy atom. The molecule has 0 atom stereocenters. The maximum absolute atomic E-state index is 12.6. The van der Waals surface area contributed by atoms with Gasteiger partial charge in [0.1, 0.15) is 10.0 Å². The summed E-state index contributed by atoms with van der Waals surface area (Å²) in [5.74, 6) is 0.425. The molecule has 3 heterocycles. The topological polar surface area (TPSA) is 115 Å². The molecule has 0 spiro atoms. The minimum atomic E-state index is -3.79. The van der Waals surface area contributed by atoms with Crippen LogP contribution in [0.15, 0.2) is 34.7 Å². The fourth-order valence-corrected chi connectivity index (χ4v) is 5.71. The van der Waals surface area contributed by atoms with E-state index in [2.05, 4.69) is 30.9 Å². The van der Waals surface area contributed by atoms with E-state index in [9.17, 15) is 18.0 Å². The van der Waals surface area contributed by atoms with Gasteiger partial charge in [-0.3, -0.25) is 9.59 Å². The lowest BCUT2D eigenvalue weighted by molar-refractivity contribution is -0.130. The molecule has 12 heteroatoms. The van der Waals surface area contributed by atoms with Crippen molar-refractivity contribution in [3.05, 3.63) is 40.9 Å². The summed E-state index contributed by atoms with van der Waals surface area (Å²) in [6.45, 7) is 4.48. The van der Waals surface area contributed by atoms with Crippen molar-refractivity contribution in [3.8, 4) is 0 Å². The first-order chi connectivity index (χ1) is 15.6. The first kappa shape index (κ1) is 25.1. The quantitative estimate of drug-likeness (QED) is 0.521. The van der Waals surface area contributed by atoms with Gasteiger partial charge in [0, 0.05) is 50.7 Å². The number of sulfonamides is 1. The van der Waals surface area contributed by atoms with Crippen molar-refractivity contribution < 1.29 is 18.0 Å². The second-order valence-corrected chi connectivity index (χ2v) is 11.2. The van der Waals surface area contributed by atoms with E-state index in [0.717, 1.165) is 34.1 Å². The van der Waals surface area contributed by atoms with Crippen molar-refractivity contribution in [3.63, 3.8) is 0 Å². The van der Waals surface area contributed by atoms with Crippen molar-refractivity contribution in [1.82, 2.24) is 24.8 Å². The number of nitrogens with zero attached hydrogens (tertiary/aromatic N) is 4. The van der Waals surface area contributed by atoms with E-state index in [1.165, 1.54) is 13.0 Å². The summed E-state index contributed by atoms with van der Waals surface area (Å²) < 4.78 is 27.6. The zero-order chi connectivity index (χ0) is 24.0. The molecule has 2 aromatic heterocycles. The SMILES string of the molecule is CC(=O)NCc1ccc(S(=O)(=O)NCC(=O)N2CCN(c3ccc(CN(C)C)cn3)CC2)s1. The van der Waals surface area contributed by atoms with Crippen molar-refractivity contribution >= 4 is 39.0 Å². The van der Waals surface area contributed by atoms with E-state index in [-0.39, 0.29) is 29.1 Å². The second-order valence-electron chi connectivity index (χ2n) is 8.09. The van der Waals surface area contributed by atoms with Gasteiger partial charge in [0.15, 0.2) is 0 Å². The highest BCUT2D eigenvalue weighted by atomic mass is 32.2. The molecule has 2 N–H and O–H groups in total. The summed E-state index contributed by atoms with van der Waals surface area (Å²) in [5.41, 5.74) is 1.14. The number of amides is 2. The Balaban J connectivity index is 1.47. The summed E-state index contributed by atoms with van der Waals surface area (Å²) in [6.07, 6.45) is 1.87. The minimum Gasteiger partial charge on any atom is -0.353 e. The molecule has 0 unspecified atom stereocenters. The molecule has 0 radical (unpaired) electrons. The van der Waals surface area contributed by atoms with Crippen molar-refractivity contribution in [1.29, 1.82) is 0 Å². The first-order valence-corrected chi connectivity index (χ1v) is 12.9. The molecule has 0 bridgehead atoms. The van der Waals surface area contributed by atoms with Gasteiger partial charge in [0.05, 0.1) is 13.1 Å². The summed E-state index contributed by atoms with van der Waals surface area (Å²) in [5, 5.41) is 2.63. The van der Waals surface area contributed by atoms with Gasteiger partial charge >= 0.3 is 0 Å². The largest absolute Gasteiger partial charge is 0.353 e. The molecule has 1 aliphatic heterocycles. The Morgan fingerprint density at radius 1 is 1.12 bits per heavy atom. The standard InChI is InChI=1S/C21H30N6O4S2/c1-16(28)22-13-18-5-7-21(32-18)33(30,31)24-14-20(29)27-10-8-26(9-11-27)19-6-4-17(12-23-19)15-25(2)3/h4-7,12,24H,8-11,13-15H2,1-3H3,(H,22,28). The zero-order valence-corrected chi connectivity index (χ0v) is 20.7. The van der Waals surface area contributed by atoms with Crippen molar-refractivity contribution in [2.75, 3.05) is 51.7 Å². The maximum Gasteiger partial charge on any atom is 0.250 e. The third-order valence-corrected chi connectivity index (χ3v) is 8.07. The van der Waals surface area contributed by atoms with E-state index in [0.29, 0.717) is 26.2 Å². The lowest BCUT2D eigenvalue weighted by Crippen LogP contribution is -2.51. The number of hydrogen-bond acceptors (Lipinski definition) is 8. The molecule has 180 valence electrons. The first-order valence-electron chi connectivity index (χ1n) is 10.6. The summed E-state index contributed by atoms with van der Waals surface area (Å²) >= 11 is 1.06. The maximum atomic E-state index is 12.6. The third kappa shape index (κ3) is 7.22. The predicted octanol–water partition coefficient (Wildman–Crippen LogP) is 0.468. The van der Waals surface area contributed by atoms with Crippen LogP contribution in [0.4, 0.5) is 5.82 Å². The van der Waals surface area contributed by atoms with E-state index >= 15 is 0 Å². The normalized spacial score (nSPS) is 14.5. The summed E-state index contributed by atoms with van der Waals surface area (Å²) in [4.78, 5) is 34.7. The van der Waals surface area contributed by atoms with Crippen LogP contribution in [0, 0.1) is 0 Å². The van der Waals surface area contributed by atoms with Gasteiger partial charge in [-0.1, -0.05) is 6.07 Å². The van der Waals surface area contributed by atoms with Gasteiger partial charge in [0.25, 0.3) is 10.0 Å². The van der Waals surface area contributed by atoms with Crippen LogP contribution >= 0.6 is 11.3 Å². The average molecular weight is 495 g/mol. The van der Waals surface area contributed by atoms with Crippen LogP contribution in [0.5, 0.6) is 0 Å². The Bertz CT molecular complexity index is 1060. The lowest BCUT2D eigenvalue weighted by atomic mass is 10.2. The fraction of sp³-hybridized carbons (Fsp3) is 0.476. The van der Waals surface area contributed by atoms with Gasteiger partial charge < -0.3 is 20.0 Å². The van der Waals surface area contributed by atoms with Gasteiger partial charge in [-0.15, -0.1) is 11.3 Å². The van der Waals surface area contributed by atoms with Gasteiger partial charge in [0.2, 0.25) is 11.8 Å². The number of thiophene rings is 1. The van der Waals surface area contributed by atoms with E-state index in [4.69, 9.17) is 0 Å². The molecule has 3 rings (SSSR count).